The van der Waals surface area contributed by atoms with Crippen LogP contribution in [-0.4, -0.2) is 26.0 Å². The molecule has 0 aliphatic carbocycles. The summed E-state index contributed by atoms with van der Waals surface area (Å²) in [6, 6.07) is 10.5. The second kappa shape index (κ2) is 6.06. The summed E-state index contributed by atoms with van der Waals surface area (Å²) >= 11 is 0. The van der Waals surface area contributed by atoms with Gasteiger partial charge in [0.2, 0.25) is 0 Å². The molecule has 3 nitrogen and oxygen atoms in total. The highest BCUT2D eigenvalue weighted by Crippen LogP contribution is 2.24. The predicted molar refractivity (Wildman–Crippen MR) is 78.8 cm³/mol. The zero-order valence-electron chi connectivity index (χ0n) is 11.7. The largest absolute Gasteiger partial charge is 0.308 e. The van der Waals surface area contributed by atoms with Crippen molar-refractivity contribution in [2.24, 2.45) is 5.92 Å². The van der Waals surface area contributed by atoms with Gasteiger partial charge in [-0.3, -0.25) is 0 Å². The first-order valence-corrected chi connectivity index (χ1v) is 8.72. The van der Waals surface area contributed by atoms with E-state index in [1.165, 1.54) is 5.56 Å². The lowest BCUT2D eigenvalue weighted by Crippen LogP contribution is -2.35. The van der Waals surface area contributed by atoms with Crippen molar-refractivity contribution in [3.8, 4) is 0 Å². The molecule has 19 heavy (non-hydrogen) atoms. The predicted octanol–water partition coefficient (Wildman–Crippen LogP) is 2.55. The van der Waals surface area contributed by atoms with Crippen LogP contribution in [0.1, 0.15) is 38.3 Å². The van der Waals surface area contributed by atoms with Gasteiger partial charge in [0.25, 0.3) is 0 Å². The van der Waals surface area contributed by atoms with Gasteiger partial charge in [0.15, 0.2) is 9.84 Å². The molecule has 1 saturated heterocycles. The van der Waals surface area contributed by atoms with Crippen LogP contribution in [0.3, 0.4) is 0 Å². The Labute approximate surface area is 116 Å². The minimum absolute atomic E-state index is 0.197. The van der Waals surface area contributed by atoms with Crippen LogP contribution in [0.15, 0.2) is 30.3 Å². The molecule has 0 saturated carbocycles. The van der Waals surface area contributed by atoms with Gasteiger partial charge in [0.1, 0.15) is 0 Å². The summed E-state index contributed by atoms with van der Waals surface area (Å²) < 4.78 is 23.7. The van der Waals surface area contributed by atoms with Gasteiger partial charge in [-0.25, -0.2) is 8.42 Å². The van der Waals surface area contributed by atoms with E-state index in [-0.39, 0.29) is 11.3 Å². The molecule has 106 valence electrons. The minimum atomic E-state index is -2.85. The topological polar surface area (TPSA) is 46.2 Å². The van der Waals surface area contributed by atoms with E-state index in [1.54, 1.807) is 0 Å². The van der Waals surface area contributed by atoms with E-state index >= 15 is 0 Å². The average molecular weight is 281 g/mol. The molecule has 0 spiro atoms. The van der Waals surface area contributed by atoms with E-state index in [9.17, 15) is 8.42 Å². The average Bonchev–Trinajstić information content (AvgIpc) is 2.70. The van der Waals surface area contributed by atoms with Gasteiger partial charge in [-0.15, -0.1) is 0 Å². The van der Waals surface area contributed by atoms with Crippen LogP contribution < -0.4 is 5.32 Å². The zero-order valence-corrected chi connectivity index (χ0v) is 12.5. The molecular weight excluding hydrogens is 258 g/mol. The van der Waals surface area contributed by atoms with Crippen molar-refractivity contribution < 1.29 is 8.42 Å². The number of nitrogens with one attached hydrogen (secondary N) is 1. The summed E-state index contributed by atoms with van der Waals surface area (Å²) in [5.74, 6) is 0.795. The first-order chi connectivity index (χ1) is 9.00. The van der Waals surface area contributed by atoms with Crippen molar-refractivity contribution in [3.05, 3.63) is 35.9 Å². The fraction of sp³-hybridized carbons (Fsp3) is 0.600. The highest BCUT2D eigenvalue weighted by molar-refractivity contribution is 7.92. The Morgan fingerprint density at radius 2 is 1.95 bits per heavy atom. The van der Waals surface area contributed by atoms with E-state index in [4.69, 9.17) is 0 Å². The zero-order chi connectivity index (χ0) is 13.9. The van der Waals surface area contributed by atoms with Crippen molar-refractivity contribution in [3.63, 3.8) is 0 Å². The second-order valence-corrected chi connectivity index (χ2v) is 8.07. The Bertz CT molecular complexity index is 496. The van der Waals surface area contributed by atoms with Gasteiger partial charge in [-0.1, -0.05) is 44.2 Å². The van der Waals surface area contributed by atoms with Gasteiger partial charge >= 0.3 is 0 Å². The third-order valence-electron chi connectivity index (χ3n) is 3.85. The molecule has 0 aromatic heterocycles. The summed E-state index contributed by atoms with van der Waals surface area (Å²) in [5, 5.41) is 3.26. The Hall–Kier alpha value is -0.870. The molecule has 2 unspecified atom stereocenters. The van der Waals surface area contributed by atoms with Gasteiger partial charge in [0, 0.05) is 12.6 Å². The fourth-order valence-corrected chi connectivity index (χ4v) is 4.52. The maximum atomic E-state index is 11.8. The lowest BCUT2D eigenvalue weighted by atomic mass is 9.96. The lowest BCUT2D eigenvalue weighted by Gasteiger charge is -2.24. The molecule has 1 heterocycles. The molecule has 0 radical (unpaired) electrons. The van der Waals surface area contributed by atoms with E-state index in [2.05, 4.69) is 31.3 Å². The standard InChI is InChI=1S/C15H23NO2S/c1-12(2)15(13-7-4-3-5-8-13)16-11-14-9-6-10-19(14,17)18/h3-5,7-8,12,14-16H,6,9-11H2,1-2H3. The number of hydrogen-bond acceptors (Lipinski definition) is 3. The van der Waals surface area contributed by atoms with Gasteiger partial charge in [0.05, 0.1) is 11.0 Å². The summed E-state index contributed by atoms with van der Waals surface area (Å²) in [5.41, 5.74) is 1.23. The molecule has 1 aromatic rings. The molecule has 0 amide bonds. The van der Waals surface area contributed by atoms with Crippen molar-refractivity contribution in [2.75, 3.05) is 12.3 Å². The molecule has 1 fully saturated rings. The van der Waals surface area contributed by atoms with E-state index in [0.717, 1.165) is 12.8 Å². The molecule has 1 N–H and O–H groups in total. The monoisotopic (exact) mass is 281 g/mol. The van der Waals surface area contributed by atoms with Gasteiger partial charge in [-0.05, 0) is 24.3 Å². The number of hydrogen-bond donors (Lipinski definition) is 1. The summed E-state index contributed by atoms with van der Waals surface area (Å²) in [6.07, 6.45) is 1.61. The van der Waals surface area contributed by atoms with E-state index < -0.39 is 9.84 Å². The van der Waals surface area contributed by atoms with Crippen LogP contribution in [0, 0.1) is 5.92 Å². The Balaban J connectivity index is 2.03. The molecule has 1 aliphatic heterocycles. The molecular formula is C15H23NO2S. The fourth-order valence-electron chi connectivity index (χ4n) is 2.74. The number of benzene rings is 1. The summed E-state index contributed by atoms with van der Waals surface area (Å²) in [6.45, 7) is 4.89. The normalized spacial score (nSPS) is 23.6. The van der Waals surface area contributed by atoms with Crippen LogP contribution in [0.25, 0.3) is 0 Å². The van der Waals surface area contributed by atoms with Crippen molar-refractivity contribution in [1.82, 2.24) is 5.32 Å². The Kier molecular flexibility index (Phi) is 4.63. The van der Waals surface area contributed by atoms with Crippen LogP contribution in [0.5, 0.6) is 0 Å². The molecule has 1 aliphatic rings. The third-order valence-corrected chi connectivity index (χ3v) is 6.13. The summed E-state index contributed by atoms with van der Waals surface area (Å²) in [4.78, 5) is 0. The smallest absolute Gasteiger partial charge is 0.154 e. The van der Waals surface area contributed by atoms with E-state index in [1.807, 2.05) is 18.2 Å². The summed E-state index contributed by atoms with van der Waals surface area (Å²) in [7, 11) is -2.85. The highest BCUT2D eigenvalue weighted by atomic mass is 32.2. The van der Waals surface area contributed by atoms with Crippen LogP contribution in [0.2, 0.25) is 0 Å². The third kappa shape index (κ3) is 3.57. The first-order valence-electron chi connectivity index (χ1n) is 7.00. The van der Waals surface area contributed by atoms with Crippen LogP contribution >= 0.6 is 0 Å². The van der Waals surface area contributed by atoms with Crippen LogP contribution in [0.4, 0.5) is 0 Å². The van der Waals surface area contributed by atoms with Crippen molar-refractivity contribution in [2.45, 2.75) is 38.0 Å². The Morgan fingerprint density at radius 3 is 2.47 bits per heavy atom. The quantitative estimate of drug-likeness (QED) is 0.902. The van der Waals surface area contributed by atoms with Gasteiger partial charge in [-0.2, -0.15) is 0 Å². The molecule has 0 bridgehead atoms. The first kappa shape index (κ1) is 14.5. The molecule has 1 aromatic carbocycles. The second-order valence-electron chi connectivity index (χ2n) is 5.67. The number of sulfone groups is 1. The maximum Gasteiger partial charge on any atom is 0.154 e. The van der Waals surface area contributed by atoms with Crippen molar-refractivity contribution >= 4 is 9.84 Å². The van der Waals surface area contributed by atoms with Crippen LogP contribution in [-0.2, 0) is 9.84 Å². The lowest BCUT2D eigenvalue weighted by molar-refractivity contribution is 0.408. The minimum Gasteiger partial charge on any atom is -0.308 e. The van der Waals surface area contributed by atoms with Gasteiger partial charge < -0.3 is 5.32 Å². The Morgan fingerprint density at radius 1 is 1.26 bits per heavy atom. The van der Waals surface area contributed by atoms with Crippen molar-refractivity contribution in [1.29, 1.82) is 0 Å². The molecule has 4 heteroatoms. The number of rotatable bonds is 5. The SMILES string of the molecule is CC(C)C(NCC1CCCS1(=O)=O)c1ccccc1. The van der Waals surface area contributed by atoms with E-state index in [0.29, 0.717) is 18.2 Å². The molecule has 2 rings (SSSR count). The molecule has 2 atom stereocenters. The highest BCUT2D eigenvalue weighted by Gasteiger charge is 2.31. The maximum absolute atomic E-state index is 11.8.